The molecule has 0 spiro atoms. The molecular weight excluding hydrogens is 224 g/mol. The molecule has 1 N–H and O–H groups in total. The lowest BCUT2D eigenvalue weighted by molar-refractivity contribution is -0.134. The van der Waals surface area contributed by atoms with Crippen LogP contribution in [0.5, 0.6) is 0 Å². The van der Waals surface area contributed by atoms with Crippen molar-refractivity contribution in [3.63, 3.8) is 0 Å². The maximum Gasteiger partial charge on any atom is 0.0697 e. The molecular formula is C16H24O2. The molecule has 0 aliphatic carbocycles. The first-order valence-electron chi connectivity index (χ1n) is 6.99. The second-order valence-corrected chi connectivity index (χ2v) is 5.73. The Bertz CT molecular complexity index is 351. The predicted octanol–water partition coefficient (Wildman–Crippen LogP) is 3.33. The summed E-state index contributed by atoms with van der Waals surface area (Å²) >= 11 is 0. The summed E-state index contributed by atoms with van der Waals surface area (Å²) < 4.78 is 5.69. The number of ether oxygens (including phenoxy) is 1. The number of hydrogen-bond acceptors (Lipinski definition) is 2. The van der Waals surface area contributed by atoms with E-state index < -0.39 is 5.60 Å². The van der Waals surface area contributed by atoms with Gasteiger partial charge in [-0.05, 0) is 38.7 Å². The summed E-state index contributed by atoms with van der Waals surface area (Å²) in [6.45, 7) is 4.11. The molecule has 2 heteroatoms. The van der Waals surface area contributed by atoms with Crippen molar-refractivity contribution in [2.24, 2.45) is 0 Å². The van der Waals surface area contributed by atoms with Crippen LogP contribution in [0.15, 0.2) is 30.3 Å². The monoisotopic (exact) mass is 248 g/mol. The highest BCUT2D eigenvalue weighted by Gasteiger charge is 2.35. The van der Waals surface area contributed by atoms with Gasteiger partial charge >= 0.3 is 0 Å². The third kappa shape index (κ3) is 3.82. The Balaban J connectivity index is 1.82. The highest BCUT2D eigenvalue weighted by molar-refractivity contribution is 5.14. The van der Waals surface area contributed by atoms with E-state index in [0.717, 1.165) is 32.1 Å². The largest absolute Gasteiger partial charge is 0.390 e. The van der Waals surface area contributed by atoms with Crippen LogP contribution in [-0.2, 0) is 11.2 Å². The Kier molecular flexibility index (Phi) is 4.41. The maximum absolute atomic E-state index is 10.6. The summed E-state index contributed by atoms with van der Waals surface area (Å²) in [6.07, 6.45) is 4.86. The van der Waals surface area contributed by atoms with Gasteiger partial charge in [0, 0.05) is 12.8 Å². The fourth-order valence-electron chi connectivity index (χ4n) is 3.12. The van der Waals surface area contributed by atoms with Gasteiger partial charge in [0.1, 0.15) is 0 Å². The highest BCUT2D eigenvalue weighted by Crippen LogP contribution is 2.32. The molecule has 0 aromatic heterocycles. The number of rotatable bonds is 4. The summed E-state index contributed by atoms with van der Waals surface area (Å²) in [5, 5.41) is 10.6. The highest BCUT2D eigenvalue weighted by atomic mass is 16.5. The predicted molar refractivity (Wildman–Crippen MR) is 73.6 cm³/mol. The van der Waals surface area contributed by atoms with Crippen LogP contribution in [0.3, 0.4) is 0 Å². The van der Waals surface area contributed by atoms with E-state index in [1.807, 2.05) is 6.07 Å². The zero-order valence-electron chi connectivity index (χ0n) is 11.4. The fourth-order valence-corrected chi connectivity index (χ4v) is 3.12. The molecule has 1 aromatic rings. The molecule has 1 aliphatic rings. The van der Waals surface area contributed by atoms with Crippen LogP contribution in [0.1, 0.15) is 45.1 Å². The zero-order valence-corrected chi connectivity index (χ0v) is 11.4. The van der Waals surface area contributed by atoms with E-state index in [4.69, 9.17) is 4.74 Å². The third-order valence-electron chi connectivity index (χ3n) is 3.75. The molecule has 2 unspecified atom stereocenters. The van der Waals surface area contributed by atoms with E-state index in [9.17, 15) is 5.11 Å². The van der Waals surface area contributed by atoms with Gasteiger partial charge in [0.25, 0.3) is 0 Å². The lowest BCUT2D eigenvalue weighted by atomic mass is 9.83. The van der Waals surface area contributed by atoms with E-state index >= 15 is 0 Å². The minimum Gasteiger partial charge on any atom is -0.390 e. The van der Waals surface area contributed by atoms with Gasteiger partial charge in [-0.1, -0.05) is 30.3 Å². The van der Waals surface area contributed by atoms with E-state index in [-0.39, 0.29) is 12.2 Å². The van der Waals surface area contributed by atoms with Crippen molar-refractivity contribution in [3.8, 4) is 0 Å². The average Bonchev–Trinajstić information content (AvgIpc) is 2.28. The normalized spacial score (nSPS) is 32.4. The molecule has 1 fully saturated rings. The smallest absolute Gasteiger partial charge is 0.0697 e. The summed E-state index contributed by atoms with van der Waals surface area (Å²) in [6, 6.07) is 10.5. The minimum absolute atomic E-state index is 0.176. The SMILES string of the molecule is CC1CC(O)(CCCc2ccccc2)CC(C)O1. The van der Waals surface area contributed by atoms with Crippen molar-refractivity contribution in [2.45, 2.75) is 63.8 Å². The zero-order chi connectivity index (χ0) is 13.0. The lowest BCUT2D eigenvalue weighted by Crippen LogP contribution is -2.43. The lowest BCUT2D eigenvalue weighted by Gasteiger charge is -2.39. The second kappa shape index (κ2) is 5.85. The van der Waals surface area contributed by atoms with E-state index in [2.05, 4.69) is 38.1 Å². The van der Waals surface area contributed by atoms with Crippen molar-refractivity contribution in [3.05, 3.63) is 35.9 Å². The third-order valence-corrected chi connectivity index (χ3v) is 3.75. The number of hydrogen-bond donors (Lipinski definition) is 1. The van der Waals surface area contributed by atoms with Gasteiger partial charge in [-0.15, -0.1) is 0 Å². The standard InChI is InChI=1S/C16H24O2/c1-13-11-16(17,12-14(2)18-13)10-6-9-15-7-4-3-5-8-15/h3-5,7-8,13-14,17H,6,9-12H2,1-2H3. The quantitative estimate of drug-likeness (QED) is 0.885. The minimum atomic E-state index is -0.522. The van der Waals surface area contributed by atoms with Crippen LogP contribution in [0.2, 0.25) is 0 Å². The molecule has 100 valence electrons. The molecule has 0 amide bonds. The summed E-state index contributed by atoms with van der Waals surface area (Å²) in [4.78, 5) is 0. The molecule has 1 aliphatic heterocycles. The van der Waals surface area contributed by atoms with Gasteiger partial charge < -0.3 is 9.84 Å². The van der Waals surface area contributed by atoms with Crippen LogP contribution in [0.25, 0.3) is 0 Å². The van der Waals surface area contributed by atoms with Crippen LogP contribution in [0.4, 0.5) is 0 Å². The topological polar surface area (TPSA) is 29.5 Å². The van der Waals surface area contributed by atoms with E-state index in [1.165, 1.54) is 5.56 Å². The molecule has 2 atom stereocenters. The van der Waals surface area contributed by atoms with Crippen molar-refractivity contribution in [1.82, 2.24) is 0 Å². The Hall–Kier alpha value is -0.860. The number of aryl methyl sites for hydroxylation is 1. The molecule has 1 saturated heterocycles. The van der Waals surface area contributed by atoms with Gasteiger partial charge in [-0.3, -0.25) is 0 Å². The van der Waals surface area contributed by atoms with Gasteiger partial charge in [0.15, 0.2) is 0 Å². The first kappa shape index (κ1) is 13.6. The molecule has 2 rings (SSSR count). The fraction of sp³-hybridized carbons (Fsp3) is 0.625. The van der Waals surface area contributed by atoms with Crippen LogP contribution >= 0.6 is 0 Å². The number of benzene rings is 1. The number of aliphatic hydroxyl groups is 1. The molecule has 1 aromatic carbocycles. The van der Waals surface area contributed by atoms with Gasteiger partial charge in [-0.2, -0.15) is 0 Å². The maximum atomic E-state index is 10.6. The Morgan fingerprint density at radius 2 is 1.78 bits per heavy atom. The molecule has 0 bridgehead atoms. The first-order chi connectivity index (χ1) is 8.57. The second-order valence-electron chi connectivity index (χ2n) is 5.73. The van der Waals surface area contributed by atoms with Crippen LogP contribution < -0.4 is 0 Å². The van der Waals surface area contributed by atoms with Gasteiger partial charge in [-0.25, -0.2) is 0 Å². The average molecular weight is 248 g/mol. The van der Waals surface area contributed by atoms with Crippen molar-refractivity contribution < 1.29 is 9.84 Å². The van der Waals surface area contributed by atoms with Crippen molar-refractivity contribution in [1.29, 1.82) is 0 Å². The Labute approximate surface area is 110 Å². The van der Waals surface area contributed by atoms with Crippen LogP contribution in [0, 0.1) is 0 Å². The molecule has 18 heavy (non-hydrogen) atoms. The van der Waals surface area contributed by atoms with Crippen molar-refractivity contribution >= 4 is 0 Å². The Morgan fingerprint density at radius 3 is 2.39 bits per heavy atom. The molecule has 2 nitrogen and oxygen atoms in total. The van der Waals surface area contributed by atoms with Gasteiger partial charge in [0.05, 0.1) is 17.8 Å². The summed E-state index contributed by atoms with van der Waals surface area (Å²) in [7, 11) is 0. The van der Waals surface area contributed by atoms with Crippen LogP contribution in [-0.4, -0.2) is 22.9 Å². The molecule has 0 radical (unpaired) electrons. The Morgan fingerprint density at radius 1 is 1.17 bits per heavy atom. The van der Waals surface area contributed by atoms with Gasteiger partial charge in [0.2, 0.25) is 0 Å². The van der Waals surface area contributed by atoms with Crippen molar-refractivity contribution in [2.75, 3.05) is 0 Å². The molecule has 0 saturated carbocycles. The summed E-state index contributed by atoms with van der Waals surface area (Å²) in [5.41, 5.74) is 0.834. The summed E-state index contributed by atoms with van der Waals surface area (Å²) in [5.74, 6) is 0. The molecule has 1 heterocycles. The van der Waals surface area contributed by atoms with E-state index in [0.29, 0.717) is 0 Å². The van der Waals surface area contributed by atoms with E-state index in [1.54, 1.807) is 0 Å². The first-order valence-corrected chi connectivity index (χ1v) is 6.99.